The van der Waals surface area contributed by atoms with Gasteiger partial charge in [0.1, 0.15) is 5.75 Å². The fraction of sp³-hybridized carbons (Fsp3) is 0.333. The number of rotatable bonds is 6. The third-order valence-electron chi connectivity index (χ3n) is 2.73. The normalized spacial score (nSPS) is 10.5. The lowest BCUT2D eigenvalue weighted by molar-refractivity contribution is 0.232. The summed E-state index contributed by atoms with van der Waals surface area (Å²) < 4.78 is 10.8. The largest absolute Gasteiger partial charge is 0.496 e. The molecule has 0 amide bonds. The molecule has 2 rings (SSSR count). The van der Waals surface area contributed by atoms with Gasteiger partial charge in [0.15, 0.2) is 0 Å². The highest BCUT2D eigenvalue weighted by atomic mass is 16.5. The van der Waals surface area contributed by atoms with Crippen LogP contribution in [0.3, 0.4) is 0 Å². The van der Waals surface area contributed by atoms with Crippen molar-refractivity contribution >= 4 is 11.6 Å². The molecule has 0 saturated carbocycles. The van der Waals surface area contributed by atoms with Crippen LogP contribution in [0.15, 0.2) is 30.5 Å². The first-order valence-corrected chi connectivity index (χ1v) is 6.74. The van der Waals surface area contributed by atoms with Gasteiger partial charge < -0.3 is 20.5 Å². The molecule has 2 aromatic rings. The van der Waals surface area contributed by atoms with Gasteiger partial charge >= 0.3 is 0 Å². The number of nitrogens with one attached hydrogen (secondary N) is 1. The standard InChI is InChI=1S/C15H20N4O2/c1-10(2)21-14-6-7-17-15(19-14)18-9-11-8-12(16)4-5-13(11)20-3/h4-8,10H,9,16H2,1-3H3,(H,17,18,19). The van der Waals surface area contributed by atoms with Crippen LogP contribution in [0, 0.1) is 0 Å². The lowest BCUT2D eigenvalue weighted by atomic mass is 10.2. The highest BCUT2D eigenvalue weighted by molar-refractivity contribution is 5.49. The zero-order chi connectivity index (χ0) is 15.2. The van der Waals surface area contributed by atoms with E-state index in [1.54, 1.807) is 25.4 Å². The Kier molecular flexibility index (Phi) is 4.81. The molecule has 0 saturated heterocycles. The summed E-state index contributed by atoms with van der Waals surface area (Å²) in [6.45, 7) is 4.42. The predicted molar refractivity (Wildman–Crippen MR) is 82.5 cm³/mol. The van der Waals surface area contributed by atoms with Crippen molar-refractivity contribution in [3.05, 3.63) is 36.0 Å². The molecule has 3 N–H and O–H groups in total. The van der Waals surface area contributed by atoms with Crippen LogP contribution >= 0.6 is 0 Å². The van der Waals surface area contributed by atoms with Gasteiger partial charge in [-0.1, -0.05) is 0 Å². The van der Waals surface area contributed by atoms with Crippen molar-refractivity contribution in [2.45, 2.75) is 26.5 Å². The number of nitrogen functional groups attached to an aromatic ring is 1. The summed E-state index contributed by atoms with van der Waals surface area (Å²) in [5, 5.41) is 3.14. The number of hydrogen-bond acceptors (Lipinski definition) is 6. The summed E-state index contributed by atoms with van der Waals surface area (Å²) in [7, 11) is 1.63. The molecule has 0 radical (unpaired) electrons. The fourth-order valence-electron chi connectivity index (χ4n) is 1.85. The second-order valence-corrected chi connectivity index (χ2v) is 4.81. The van der Waals surface area contributed by atoms with E-state index in [4.69, 9.17) is 15.2 Å². The topological polar surface area (TPSA) is 82.3 Å². The molecule has 1 aromatic heterocycles. The molecule has 1 heterocycles. The Labute approximate surface area is 124 Å². The Balaban J connectivity index is 2.07. The van der Waals surface area contributed by atoms with Gasteiger partial charge in [0.25, 0.3) is 0 Å². The number of methoxy groups -OCH3 is 1. The fourth-order valence-corrected chi connectivity index (χ4v) is 1.85. The van der Waals surface area contributed by atoms with Gasteiger partial charge in [-0.15, -0.1) is 0 Å². The van der Waals surface area contributed by atoms with Crippen LogP contribution in [0.5, 0.6) is 11.6 Å². The molecule has 0 spiro atoms. The second kappa shape index (κ2) is 6.78. The minimum absolute atomic E-state index is 0.0711. The van der Waals surface area contributed by atoms with E-state index in [9.17, 15) is 0 Å². The van der Waals surface area contributed by atoms with Crippen LogP contribution < -0.4 is 20.5 Å². The SMILES string of the molecule is COc1ccc(N)cc1CNc1nccc(OC(C)C)n1. The van der Waals surface area contributed by atoms with E-state index in [2.05, 4.69) is 15.3 Å². The molecule has 6 heteroatoms. The van der Waals surface area contributed by atoms with Crippen LogP contribution in [0.25, 0.3) is 0 Å². The van der Waals surface area contributed by atoms with E-state index in [0.717, 1.165) is 11.3 Å². The summed E-state index contributed by atoms with van der Waals surface area (Å²) in [4.78, 5) is 8.45. The van der Waals surface area contributed by atoms with E-state index in [1.165, 1.54) is 0 Å². The van der Waals surface area contributed by atoms with Gasteiger partial charge in [0.05, 0.1) is 13.2 Å². The first-order chi connectivity index (χ1) is 10.1. The molecular weight excluding hydrogens is 268 g/mol. The number of anilines is 2. The minimum atomic E-state index is 0.0711. The molecule has 0 unspecified atom stereocenters. The van der Waals surface area contributed by atoms with Crippen molar-refractivity contribution in [1.29, 1.82) is 0 Å². The number of nitrogens with two attached hydrogens (primary N) is 1. The Hall–Kier alpha value is -2.50. The van der Waals surface area contributed by atoms with Gasteiger partial charge in [-0.25, -0.2) is 4.98 Å². The molecular formula is C15H20N4O2. The molecule has 21 heavy (non-hydrogen) atoms. The highest BCUT2D eigenvalue weighted by Crippen LogP contribution is 2.22. The Morgan fingerprint density at radius 3 is 2.81 bits per heavy atom. The smallest absolute Gasteiger partial charge is 0.226 e. The number of aromatic nitrogens is 2. The van der Waals surface area contributed by atoms with Crippen LogP contribution in [0.2, 0.25) is 0 Å². The first kappa shape index (κ1) is 14.9. The second-order valence-electron chi connectivity index (χ2n) is 4.81. The van der Waals surface area contributed by atoms with Crippen molar-refractivity contribution in [2.24, 2.45) is 0 Å². The summed E-state index contributed by atoms with van der Waals surface area (Å²) >= 11 is 0. The van der Waals surface area contributed by atoms with Crippen LogP contribution in [-0.4, -0.2) is 23.2 Å². The Morgan fingerprint density at radius 2 is 2.10 bits per heavy atom. The Bertz CT molecular complexity index is 602. The molecule has 112 valence electrons. The molecule has 1 aromatic carbocycles. The molecule has 6 nitrogen and oxygen atoms in total. The van der Waals surface area contributed by atoms with Crippen molar-refractivity contribution in [2.75, 3.05) is 18.2 Å². The third kappa shape index (κ3) is 4.24. The maximum atomic E-state index is 5.80. The predicted octanol–water partition coefficient (Wildman–Crippen LogP) is 2.47. The van der Waals surface area contributed by atoms with E-state index >= 15 is 0 Å². The quantitative estimate of drug-likeness (QED) is 0.795. The maximum Gasteiger partial charge on any atom is 0.226 e. The lowest BCUT2D eigenvalue weighted by Crippen LogP contribution is -2.09. The van der Waals surface area contributed by atoms with E-state index in [-0.39, 0.29) is 6.10 Å². The van der Waals surface area contributed by atoms with Gasteiger partial charge in [-0.05, 0) is 32.0 Å². The highest BCUT2D eigenvalue weighted by Gasteiger charge is 2.06. The zero-order valence-electron chi connectivity index (χ0n) is 12.5. The van der Waals surface area contributed by atoms with Crippen LogP contribution in [0.4, 0.5) is 11.6 Å². The van der Waals surface area contributed by atoms with E-state index < -0.39 is 0 Å². The van der Waals surface area contributed by atoms with Gasteiger partial charge in [0.2, 0.25) is 11.8 Å². The van der Waals surface area contributed by atoms with Crippen molar-refractivity contribution in [1.82, 2.24) is 9.97 Å². The average molecular weight is 288 g/mol. The van der Waals surface area contributed by atoms with E-state index in [0.29, 0.717) is 24.1 Å². The molecule has 0 bridgehead atoms. The molecule has 0 atom stereocenters. The number of hydrogen-bond donors (Lipinski definition) is 2. The lowest BCUT2D eigenvalue weighted by Gasteiger charge is -2.12. The zero-order valence-corrected chi connectivity index (χ0v) is 12.5. The third-order valence-corrected chi connectivity index (χ3v) is 2.73. The first-order valence-electron chi connectivity index (χ1n) is 6.74. The number of nitrogens with zero attached hydrogens (tertiary/aromatic N) is 2. The van der Waals surface area contributed by atoms with Crippen molar-refractivity contribution in [3.63, 3.8) is 0 Å². The summed E-state index contributed by atoms with van der Waals surface area (Å²) in [6.07, 6.45) is 1.73. The summed E-state index contributed by atoms with van der Waals surface area (Å²) in [5.74, 6) is 1.81. The number of benzene rings is 1. The maximum absolute atomic E-state index is 5.80. The molecule has 0 aliphatic rings. The average Bonchev–Trinajstić information content (AvgIpc) is 2.45. The van der Waals surface area contributed by atoms with Crippen molar-refractivity contribution in [3.8, 4) is 11.6 Å². The van der Waals surface area contributed by atoms with Crippen LogP contribution in [0.1, 0.15) is 19.4 Å². The molecule has 0 aliphatic carbocycles. The summed E-state index contributed by atoms with van der Waals surface area (Å²) in [5.41, 5.74) is 7.42. The number of ether oxygens (including phenoxy) is 2. The van der Waals surface area contributed by atoms with Gasteiger partial charge in [0, 0.05) is 30.1 Å². The van der Waals surface area contributed by atoms with Gasteiger partial charge in [-0.2, -0.15) is 4.98 Å². The molecule has 0 aliphatic heterocycles. The Morgan fingerprint density at radius 1 is 1.29 bits per heavy atom. The summed E-state index contributed by atoms with van der Waals surface area (Å²) in [6, 6.07) is 7.23. The van der Waals surface area contributed by atoms with Gasteiger partial charge in [-0.3, -0.25) is 0 Å². The molecule has 0 fully saturated rings. The monoisotopic (exact) mass is 288 g/mol. The van der Waals surface area contributed by atoms with E-state index in [1.807, 2.05) is 26.0 Å². The van der Waals surface area contributed by atoms with Crippen LogP contribution in [-0.2, 0) is 6.54 Å². The van der Waals surface area contributed by atoms with Crippen molar-refractivity contribution < 1.29 is 9.47 Å². The minimum Gasteiger partial charge on any atom is -0.496 e.